The maximum Gasteiger partial charge on any atom is 0.310 e. The zero-order valence-electron chi connectivity index (χ0n) is 16.5. The molecule has 0 bridgehead atoms. The average molecular weight is 391 g/mol. The normalized spacial score (nSPS) is 27.9. The summed E-state index contributed by atoms with van der Waals surface area (Å²) in [5, 5.41) is 13.1. The third-order valence-electron chi connectivity index (χ3n) is 6.83. The molecule has 0 spiro atoms. The number of nitrogens with one attached hydrogen (secondary N) is 1. The zero-order chi connectivity index (χ0) is 19.8. The summed E-state index contributed by atoms with van der Waals surface area (Å²) in [5.74, 6) is 0.166. The lowest BCUT2D eigenvalue weighted by molar-refractivity contribution is -0.144. The number of pyridine rings is 1. The van der Waals surface area contributed by atoms with Crippen molar-refractivity contribution < 1.29 is 19.0 Å². The number of hydrogen-bond acceptors (Lipinski definition) is 5. The highest BCUT2D eigenvalue weighted by Gasteiger charge is 2.52. The molecule has 1 aliphatic heterocycles. The summed E-state index contributed by atoms with van der Waals surface area (Å²) in [7, 11) is 0. The number of rotatable bonds is 9. The number of aliphatic carboxylic acids is 1. The molecule has 1 saturated heterocycles. The SMILES string of the molecule is C[C@@H]1C[C@H]1NCC1(COc2ccc(F)cn2)CCN(CC2(C(=O)O)CC2)CC1. The highest BCUT2D eigenvalue weighted by Crippen LogP contribution is 2.47. The topological polar surface area (TPSA) is 74.7 Å². The summed E-state index contributed by atoms with van der Waals surface area (Å²) < 4.78 is 19.0. The number of carbonyl (C=O) groups is 1. The molecule has 4 rings (SSSR count). The number of piperidine rings is 1. The van der Waals surface area contributed by atoms with Gasteiger partial charge in [0.2, 0.25) is 5.88 Å². The Morgan fingerprint density at radius 3 is 2.61 bits per heavy atom. The van der Waals surface area contributed by atoms with Crippen LogP contribution in [-0.4, -0.2) is 59.8 Å². The Morgan fingerprint density at radius 1 is 1.36 bits per heavy atom. The van der Waals surface area contributed by atoms with Crippen molar-refractivity contribution in [1.82, 2.24) is 15.2 Å². The molecule has 3 aliphatic rings. The molecule has 28 heavy (non-hydrogen) atoms. The van der Waals surface area contributed by atoms with Gasteiger partial charge in [-0.2, -0.15) is 0 Å². The van der Waals surface area contributed by atoms with Crippen LogP contribution in [0.5, 0.6) is 5.88 Å². The van der Waals surface area contributed by atoms with Gasteiger partial charge in [0.15, 0.2) is 0 Å². The standard InChI is InChI=1S/C21H30FN3O3/c1-15-10-17(15)24-12-20(14-28-18-3-2-16(22)11-23-18)6-8-25(9-7-20)13-21(4-5-21)19(26)27/h2-3,11,15,17,24H,4-10,12-14H2,1H3,(H,26,27)/t15-,17-/m1/s1. The minimum absolute atomic E-state index is 0.00514. The highest BCUT2D eigenvalue weighted by atomic mass is 19.1. The molecular weight excluding hydrogens is 361 g/mol. The lowest BCUT2D eigenvalue weighted by Gasteiger charge is -2.42. The quantitative estimate of drug-likeness (QED) is 0.674. The number of likely N-dealkylation sites (tertiary alicyclic amines) is 1. The van der Waals surface area contributed by atoms with E-state index in [0.717, 1.165) is 51.2 Å². The van der Waals surface area contributed by atoms with Crippen LogP contribution in [0.25, 0.3) is 0 Å². The van der Waals surface area contributed by atoms with Gasteiger partial charge in [-0.25, -0.2) is 9.37 Å². The molecule has 2 atom stereocenters. The minimum Gasteiger partial charge on any atom is -0.481 e. The summed E-state index contributed by atoms with van der Waals surface area (Å²) >= 11 is 0. The predicted octanol–water partition coefficient (Wildman–Crippen LogP) is 2.54. The van der Waals surface area contributed by atoms with Gasteiger partial charge in [-0.3, -0.25) is 4.79 Å². The second kappa shape index (κ2) is 7.59. The monoisotopic (exact) mass is 391 g/mol. The number of aromatic nitrogens is 1. The lowest BCUT2D eigenvalue weighted by Crippen LogP contribution is -2.50. The molecular formula is C21H30FN3O3. The van der Waals surface area contributed by atoms with Crippen molar-refractivity contribution in [3.63, 3.8) is 0 Å². The predicted molar refractivity (Wildman–Crippen MR) is 103 cm³/mol. The number of nitrogens with zero attached hydrogens (tertiary/aromatic N) is 2. The summed E-state index contributed by atoms with van der Waals surface area (Å²) in [4.78, 5) is 17.8. The molecule has 3 fully saturated rings. The van der Waals surface area contributed by atoms with E-state index in [4.69, 9.17) is 4.74 Å². The van der Waals surface area contributed by atoms with Gasteiger partial charge in [0, 0.05) is 30.6 Å². The van der Waals surface area contributed by atoms with Crippen molar-refractivity contribution in [2.75, 3.05) is 32.8 Å². The van der Waals surface area contributed by atoms with E-state index < -0.39 is 11.4 Å². The first-order valence-electron chi connectivity index (χ1n) is 10.3. The Bertz CT molecular complexity index is 699. The fourth-order valence-corrected chi connectivity index (χ4v) is 4.20. The van der Waals surface area contributed by atoms with E-state index in [1.165, 1.54) is 18.7 Å². The first-order chi connectivity index (χ1) is 13.4. The largest absolute Gasteiger partial charge is 0.481 e. The molecule has 0 aromatic carbocycles. The van der Waals surface area contributed by atoms with Crippen molar-refractivity contribution in [1.29, 1.82) is 0 Å². The van der Waals surface area contributed by atoms with E-state index in [1.54, 1.807) is 6.07 Å². The summed E-state index contributed by atoms with van der Waals surface area (Å²) in [6, 6.07) is 3.53. The van der Waals surface area contributed by atoms with Crippen LogP contribution >= 0.6 is 0 Å². The number of carboxylic acids is 1. The van der Waals surface area contributed by atoms with Crippen molar-refractivity contribution in [2.24, 2.45) is 16.7 Å². The maximum atomic E-state index is 13.1. The van der Waals surface area contributed by atoms with Gasteiger partial charge < -0.3 is 20.1 Å². The van der Waals surface area contributed by atoms with Gasteiger partial charge in [0.05, 0.1) is 18.2 Å². The van der Waals surface area contributed by atoms with Crippen molar-refractivity contribution in [3.8, 4) is 5.88 Å². The van der Waals surface area contributed by atoms with Crippen LogP contribution in [0.15, 0.2) is 18.3 Å². The summed E-state index contributed by atoms with van der Waals surface area (Å²) in [6.45, 7) is 6.12. The molecule has 1 aromatic heterocycles. The Morgan fingerprint density at radius 2 is 2.07 bits per heavy atom. The van der Waals surface area contributed by atoms with E-state index in [0.29, 0.717) is 25.1 Å². The van der Waals surface area contributed by atoms with Gasteiger partial charge in [0.1, 0.15) is 5.82 Å². The molecule has 154 valence electrons. The summed E-state index contributed by atoms with van der Waals surface area (Å²) in [6.07, 6.45) is 5.91. The lowest BCUT2D eigenvalue weighted by atomic mass is 9.78. The third-order valence-corrected chi connectivity index (χ3v) is 6.83. The Balaban J connectivity index is 1.35. The van der Waals surface area contributed by atoms with E-state index in [1.807, 2.05) is 0 Å². The van der Waals surface area contributed by atoms with Crippen molar-refractivity contribution >= 4 is 5.97 Å². The average Bonchev–Trinajstić information content (AvgIpc) is 3.60. The highest BCUT2D eigenvalue weighted by molar-refractivity contribution is 5.78. The first-order valence-corrected chi connectivity index (χ1v) is 10.3. The maximum absolute atomic E-state index is 13.1. The molecule has 0 amide bonds. The van der Waals surface area contributed by atoms with Crippen LogP contribution in [0.3, 0.4) is 0 Å². The van der Waals surface area contributed by atoms with Crippen LogP contribution in [0, 0.1) is 22.6 Å². The number of hydrogen-bond donors (Lipinski definition) is 2. The molecule has 7 heteroatoms. The van der Waals surface area contributed by atoms with Gasteiger partial charge in [-0.1, -0.05) is 6.92 Å². The van der Waals surface area contributed by atoms with Crippen molar-refractivity contribution in [2.45, 2.75) is 45.1 Å². The van der Waals surface area contributed by atoms with Crippen molar-refractivity contribution in [3.05, 3.63) is 24.1 Å². The second-order valence-corrected chi connectivity index (χ2v) is 9.17. The number of halogens is 1. The van der Waals surface area contributed by atoms with Gasteiger partial charge >= 0.3 is 5.97 Å². The fraction of sp³-hybridized carbons (Fsp3) is 0.714. The Kier molecular flexibility index (Phi) is 5.31. The molecule has 2 saturated carbocycles. The molecule has 0 unspecified atom stereocenters. The number of carboxylic acid groups (broad SMARTS) is 1. The van der Waals surface area contributed by atoms with E-state index >= 15 is 0 Å². The molecule has 0 radical (unpaired) electrons. The van der Waals surface area contributed by atoms with Gasteiger partial charge in [-0.15, -0.1) is 0 Å². The Hall–Kier alpha value is -1.73. The van der Waals surface area contributed by atoms with E-state index in [9.17, 15) is 14.3 Å². The smallest absolute Gasteiger partial charge is 0.310 e. The number of ether oxygens (including phenoxy) is 1. The van der Waals surface area contributed by atoms with Gasteiger partial charge in [0.25, 0.3) is 0 Å². The second-order valence-electron chi connectivity index (χ2n) is 9.17. The van der Waals surface area contributed by atoms with E-state index in [-0.39, 0.29) is 11.2 Å². The molecule has 6 nitrogen and oxygen atoms in total. The summed E-state index contributed by atoms with van der Waals surface area (Å²) in [5.41, 5.74) is -0.509. The van der Waals surface area contributed by atoms with Crippen LogP contribution in [0.1, 0.15) is 39.0 Å². The van der Waals surface area contributed by atoms with Crippen LogP contribution in [0.2, 0.25) is 0 Å². The van der Waals surface area contributed by atoms with Crippen LogP contribution < -0.4 is 10.1 Å². The third kappa shape index (κ3) is 4.46. The fourth-order valence-electron chi connectivity index (χ4n) is 4.20. The van der Waals surface area contributed by atoms with E-state index in [2.05, 4.69) is 22.1 Å². The van der Waals surface area contributed by atoms with Crippen LogP contribution in [-0.2, 0) is 4.79 Å². The Labute approximate surface area is 165 Å². The molecule has 1 aromatic rings. The zero-order valence-corrected chi connectivity index (χ0v) is 16.5. The molecule has 2 heterocycles. The molecule has 2 N–H and O–H groups in total. The van der Waals surface area contributed by atoms with Crippen LogP contribution in [0.4, 0.5) is 4.39 Å². The van der Waals surface area contributed by atoms with Gasteiger partial charge in [-0.05, 0) is 57.2 Å². The molecule has 2 aliphatic carbocycles. The first kappa shape index (κ1) is 19.6. The minimum atomic E-state index is -0.653.